The Balaban J connectivity index is 1.74. The van der Waals surface area contributed by atoms with Crippen LogP contribution < -0.4 is 4.90 Å². The highest BCUT2D eigenvalue weighted by Gasteiger charge is 2.35. The predicted molar refractivity (Wildman–Crippen MR) is 81.0 cm³/mol. The third kappa shape index (κ3) is 2.63. The first-order valence-electron chi connectivity index (χ1n) is 6.94. The van der Waals surface area contributed by atoms with Crippen molar-refractivity contribution in [3.63, 3.8) is 0 Å². The second-order valence-corrected chi connectivity index (χ2v) is 5.36. The van der Waals surface area contributed by atoms with Crippen LogP contribution in [0.4, 0.5) is 10.1 Å². The standard InChI is InChI=1S/C17H15FN2O2/c1-19(10-12-6-8-13(18)9-7-12)11-20-15-5-3-2-4-14(15)16(21)17(20)22/h2-9H,10-11H2,1H3. The van der Waals surface area contributed by atoms with Crippen molar-refractivity contribution in [1.29, 1.82) is 0 Å². The number of anilines is 1. The number of ketones is 1. The molecule has 0 saturated heterocycles. The Kier molecular flexibility index (Phi) is 3.73. The molecule has 2 aromatic carbocycles. The molecule has 0 aromatic heterocycles. The molecule has 0 fully saturated rings. The molecule has 0 N–H and O–H groups in total. The zero-order valence-corrected chi connectivity index (χ0v) is 12.1. The molecular weight excluding hydrogens is 283 g/mol. The van der Waals surface area contributed by atoms with Gasteiger partial charge < -0.3 is 0 Å². The molecule has 0 spiro atoms. The van der Waals surface area contributed by atoms with Crippen LogP contribution in [0.1, 0.15) is 15.9 Å². The molecule has 0 unspecified atom stereocenters. The lowest BCUT2D eigenvalue weighted by Gasteiger charge is -2.24. The van der Waals surface area contributed by atoms with E-state index < -0.39 is 11.7 Å². The van der Waals surface area contributed by atoms with Crippen molar-refractivity contribution < 1.29 is 14.0 Å². The third-order valence-electron chi connectivity index (χ3n) is 3.63. The molecule has 0 aliphatic carbocycles. The van der Waals surface area contributed by atoms with E-state index in [-0.39, 0.29) is 5.82 Å². The Hall–Kier alpha value is -2.53. The molecule has 112 valence electrons. The number of fused-ring (bicyclic) bond motifs is 1. The molecule has 0 radical (unpaired) electrons. The summed E-state index contributed by atoms with van der Waals surface area (Å²) in [6.07, 6.45) is 0. The summed E-state index contributed by atoms with van der Waals surface area (Å²) in [6.45, 7) is 0.860. The highest BCUT2D eigenvalue weighted by Crippen LogP contribution is 2.28. The highest BCUT2D eigenvalue weighted by molar-refractivity contribution is 6.52. The Morgan fingerprint density at radius 1 is 1.05 bits per heavy atom. The van der Waals surface area contributed by atoms with Crippen molar-refractivity contribution in [1.82, 2.24) is 4.90 Å². The molecule has 1 amide bonds. The minimum absolute atomic E-state index is 0.277. The first-order valence-corrected chi connectivity index (χ1v) is 6.94. The largest absolute Gasteiger partial charge is 0.300 e. The Bertz CT molecular complexity index is 728. The lowest BCUT2D eigenvalue weighted by Crippen LogP contribution is -2.38. The van der Waals surface area contributed by atoms with E-state index in [1.165, 1.54) is 17.0 Å². The van der Waals surface area contributed by atoms with Crippen LogP contribution in [0, 0.1) is 5.82 Å². The highest BCUT2D eigenvalue weighted by atomic mass is 19.1. The van der Waals surface area contributed by atoms with Crippen molar-refractivity contribution in [3.05, 3.63) is 65.5 Å². The molecule has 5 heteroatoms. The molecule has 1 heterocycles. The molecule has 0 bridgehead atoms. The summed E-state index contributed by atoms with van der Waals surface area (Å²) in [7, 11) is 1.85. The van der Waals surface area contributed by atoms with Gasteiger partial charge in [-0.05, 0) is 36.9 Å². The van der Waals surface area contributed by atoms with Crippen LogP contribution in [0.3, 0.4) is 0 Å². The molecule has 1 aliphatic heterocycles. The summed E-state index contributed by atoms with van der Waals surface area (Å²) in [6, 6.07) is 13.2. The van der Waals surface area contributed by atoms with E-state index in [0.29, 0.717) is 24.5 Å². The normalized spacial score (nSPS) is 13.9. The maximum Gasteiger partial charge on any atom is 0.300 e. The van der Waals surface area contributed by atoms with Gasteiger partial charge in [-0.1, -0.05) is 24.3 Å². The minimum Gasteiger partial charge on any atom is -0.291 e. The van der Waals surface area contributed by atoms with E-state index in [1.807, 2.05) is 11.9 Å². The van der Waals surface area contributed by atoms with Crippen molar-refractivity contribution in [2.45, 2.75) is 6.54 Å². The number of halogens is 1. The van der Waals surface area contributed by atoms with Gasteiger partial charge in [0.25, 0.3) is 5.78 Å². The van der Waals surface area contributed by atoms with Crippen LogP contribution in [-0.2, 0) is 11.3 Å². The number of benzene rings is 2. The average molecular weight is 298 g/mol. The number of rotatable bonds is 4. The molecule has 0 saturated carbocycles. The fraction of sp³-hybridized carbons (Fsp3) is 0.176. The number of hydrogen-bond acceptors (Lipinski definition) is 3. The number of Topliss-reactive ketones (excluding diaryl/α,β-unsaturated/α-hetero) is 1. The maximum atomic E-state index is 12.9. The van der Waals surface area contributed by atoms with Crippen molar-refractivity contribution in [2.75, 3.05) is 18.6 Å². The molecule has 1 aliphatic rings. The van der Waals surface area contributed by atoms with Crippen molar-refractivity contribution in [2.24, 2.45) is 0 Å². The smallest absolute Gasteiger partial charge is 0.291 e. The number of carbonyl (C=O) groups is 2. The molecule has 4 nitrogen and oxygen atoms in total. The van der Waals surface area contributed by atoms with Crippen LogP contribution in [0.2, 0.25) is 0 Å². The fourth-order valence-corrected chi connectivity index (χ4v) is 2.58. The van der Waals surface area contributed by atoms with Crippen LogP contribution >= 0.6 is 0 Å². The van der Waals surface area contributed by atoms with E-state index in [0.717, 1.165) is 5.56 Å². The molecule has 22 heavy (non-hydrogen) atoms. The van der Waals surface area contributed by atoms with Crippen molar-refractivity contribution in [3.8, 4) is 0 Å². The van der Waals surface area contributed by atoms with E-state index >= 15 is 0 Å². The molecule has 0 atom stereocenters. The van der Waals surface area contributed by atoms with Gasteiger partial charge in [-0.15, -0.1) is 0 Å². The fourth-order valence-electron chi connectivity index (χ4n) is 2.58. The van der Waals surface area contributed by atoms with E-state index in [1.54, 1.807) is 36.4 Å². The van der Waals surface area contributed by atoms with Crippen molar-refractivity contribution >= 4 is 17.4 Å². The van der Waals surface area contributed by atoms with Crippen LogP contribution in [0.15, 0.2) is 48.5 Å². The number of hydrogen-bond donors (Lipinski definition) is 0. The second kappa shape index (κ2) is 5.69. The summed E-state index contributed by atoms with van der Waals surface area (Å²) >= 11 is 0. The Morgan fingerprint density at radius 2 is 1.73 bits per heavy atom. The van der Waals surface area contributed by atoms with Crippen LogP contribution in [-0.4, -0.2) is 30.3 Å². The van der Waals surface area contributed by atoms with Gasteiger partial charge >= 0.3 is 5.91 Å². The zero-order chi connectivity index (χ0) is 15.7. The van der Waals surface area contributed by atoms with E-state index in [9.17, 15) is 14.0 Å². The lowest BCUT2D eigenvalue weighted by molar-refractivity contribution is -0.114. The second-order valence-electron chi connectivity index (χ2n) is 5.36. The van der Waals surface area contributed by atoms with Gasteiger partial charge in [-0.2, -0.15) is 0 Å². The third-order valence-corrected chi connectivity index (χ3v) is 3.63. The van der Waals surface area contributed by atoms with Crippen LogP contribution in [0.5, 0.6) is 0 Å². The summed E-state index contributed by atoms with van der Waals surface area (Å²) in [5.41, 5.74) is 2.03. The van der Waals surface area contributed by atoms with Gasteiger partial charge in [0, 0.05) is 6.54 Å². The summed E-state index contributed by atoms with van der Waals surface area (Å²) in [5, 5.41) is 0. The average Bonchev–Trinajstić information content (AvgIpc) is 2.75. The predicted octanol–water partition coefficient (Wildman–Crippen LogP) is 2.44. The first kappa shape index (κ1) is 14.4. The summed E-state index contributed by atoms with van der Waals surface area (Å²) in [4.78, 5) is 27.4. The topological polar surface area (TPSA) is 40.6 Å². The monoisotopic (exact) mass is 298 g/mol. The van der Waals surface area contributed by atoms with Gasteiger partial charge in [0.2, 0.25) is 0 Å². The maximum absolute atomic E-state index is 12.9. The zero-order valence-electron chi connectivity index (χ0n) is 12.1. The van der Waals surface area contributed by atoms with Gasteiger partial charge in [0.1, 0.15) is 5.82 Å². The number of para-hydroxylation sites is 1. The minimum atomic E-state index is -0.507. The number of amides is 1. The van der Waals surface area contributed by atoms with E-state index in [2.05, 4.69) is 0 Å². The van der Waals surface area contributed by atoms with Gasteiger partial charge in [0.15, 0.2) is 0 Å². The molecule has 3 rings (SSSR count). The quantitative estimate of drug-likeness (QED) is 0.814. The van der Waals surface area contributed by atoms with Gasteiger partial charge in [-0.25, -0.2) is 4.39 Å². The van der Waals surface area contributed by atoms with Gasteiger partial charge in [-0.3, -0.25) is 19.4 Å². The summed E-state index contributed by atoms with van der Waals surface area (Å²) < 4.78 is 12.9. The molecule has 2 aromatic rings. The van der Waals surface area contributed by atoms with E-state index in [4.69, 9.17) is 0 Å². The SMILES string of the molecule is CN(Cc1ccc(F)cc1)CN1C(=O)C(=O)c2ccccc21. The Morgan fingerprint density at radius 3 is 2.45 bits per heavy atom. The summed E-state index contributed by atoms with van der Waals surface area (Å²) in [5.74, 6) is -1.25. The van der Waals surface area contributed by atoms with Gasteiger partial charge in [0.05, 0.1) is 17.9 Å². The lowest BCUT2D eigenvalue weighted by atomic mass is 10.1. The van der Waals surface area contributed by atoms with Crippen LogP contribution in [0.25, 0.3) is 0 Å². The number of carbonyl (C=O) groups excluding carboxylic acids is 2. The first-order chi connectivity index (χ1) is 10.6. The molecular formula is C17H15FN2O2. The number of nitrogens with zero attached hydrogens (tertiary/aromatic N) is 2. The Labute approximate surface area is 127 Å².